The van der Waals surface area contributed by atoms with Crippen molar-refractivity contribution in [2.75, 3.05) is 13.2 Å². The molecule has 0 saturated carbocycles. The highest BCUT2D eigenvalue weighted by Gasteiger charge is 2.08. The van der Waals surface area contributed by atoms with Gasteiger partial charge in [-0.15, -0.1) is 0 Å². The summed E-state index contributed by atoms with van der Waals surface area (Å²) in [7, 11) is 0. The van der Waals surface area contributed by atoms with Crippen molar-refractivity contribution >= 4 is 0 Å². The highest BCUT2D eigenvalue weighted by Crippen LogP contribution is 2.19. The van der Waals surface area contributed by atoms with Crippen LogP contribution in [0.3, 0.4) is 0 Å². The van der Waals surface area contributed by atoms with E-state index in [4.69, 9.17) is 4.74 Å². The Kier molecular flexibility index (Phi) is 14.3. The topological polar surface area (TPSA) is 9.23 Å². The normalized spacial score (nSPS) is 11.7. The molecule has 0 spiro atoms. The molecular weight excluding hydrogens is 232 g/mol. The summed E-state index contributed by atoms with van der Waals surface area (Å²) in [6.45, 7) is 11.1. The van der Waals surface area contributed by atoms with Gasteiger partial charge < -0.3 is 4.74 Å². The molecule has 0 aromatic rings. The van der Waals surface area contributed by atoms with Gasteiger partial charge in [0.15, 0.2) is 0 Å². The van der Waals surface area contributed by atoms with Gasteiger partial charge >= 0.3 is 0 Å². The molecule has 0 aliphatic carbocycles. The monoisotopic (exact) mass is 270 g/mol. The van der Waals surface area contributed by atoms with E-state index in [1.165, 1.54) is 64.2 Å². The van der Waals surface area contributed by atoms with E-state index in [1.807, 2.05) is 0 Å². The summed E-state index contributed by atoms with van der Waals surface area (Å²) >= 11 is 0. The Labute approximate surface area is 122 Å². The van der Waals surface area contributed by atoms with Crippen LogP contribution >= 0.6 is 0 Å². The molecule has 0 bridgehead atoms. The number of hydrogen-bond donors (Lipinski definition) is 0. The lowest BCUT2D eigenvalue weighted by atomic mass is 9.95. The first-order valence-electron chi connectivity index (χ1n) is 8.86. The average molecular weight is 271 g/mol. The van der Waals surface area contributed by atoms with Gasteiger partial charge in [0.05, 0.1) is 0 Å². The molecule has 0 fully saturated rings. The second-order valence-corrected chi connectivity index (χ2v) is 6.08. The minimum Gasteiger partial charge on any atom is -0.381 e. The van der Waals surface area contributed by atoms with Crippen LogP contribution in [-0.4, -0.2) is 13.2 Å². The second-order valence-electron chi connectivity index (χ2n) is 6.08. The maximum absolute atomic E-state index is 5.88. The van der Waals surface area contributed by atoms with Crippen molar-refractivity contribution in [2.45, 2.75) is 91.9 Å². The molecule has 0 unspecified atom stereocenters. The van der Waals surface area contributed by atoms with E-state index in [2.05, 4.69) is 27.7 Å². The standard InChI is InChI=1S/C18H38O/c1-5-9-17(10-6-2)13-15-19-16-14-18(11-7-3)12-8-4/h17-18H,5-16H2,1-4H3. The summed E-state index contributed by atoms with van der Waals surface area (Å²) in [4.78, 5) is 0. The lowest BCUT2D eigenvalue weighted by Gasteiger charge is -2.17. The van der Waals surface area contributed by atoms with E-state index in [0.717, 1.165) is 25.0 Å². The first kappa shape index (κ1) is 19.0. The molecule has 0 aliphatic rings. The predicted molar refractivity (Wildman–Crippen MR) is 86.7 cm³/mol. The van der Waals surface area contributed by atoms with Crippen LogP contribution in [-0.2, 0) is 4.74 Å². The minimum absolute atomic E-state index is 0.900. The fourth-order valence-corrected chi connectivity index (χ4v) is 3.10. The Hall–Kier alpha value is -0.0400. The van der Waals surface area contributed by atoms with E-state index in [0.29, 0.717) is 0 Å². The predicted octanol–water partition coefficient (Wildman–Crippen LogP) is 6.22. The van der Waals surface area contributed by atoms with Gasteiger partial charge in [-0.3, -0.25) is 0 Å². The highest BCUT2D eigenvalue weighted by molar-refractivity contribution is 4.60. The first-order chi connectivity index (χ1) is 9.28. The third-order valence-corrected chi connectivity index (χ3v) is 4.13. The second kappa shape index (κ2) is 14.4. The molecule has 0 saturated heterocycles. The van der Waals surface area contributed by atoms with E-state index in [-0.39, 0.29) is 0 Å². The van der Waals surface area contributed by atoms with Crippen LogP contribution in [0.1, 0.15) is 91.9 Å². The molecule has 0 aliphatic heterocycles. The van der Waals surface area contributed by atoms with Gasteiger partial charge in [0.2, 0.25) is 0 Å². The number of hydrogen-bond acceptors (Lipinski definition) is 1. The van der Waals surface area contributed by atoms with Crippen LogP contribution in [0.15, 0.2) is 0 Å². The molecule has 116 valence electrons. The van der Waals surface area contributed by atoms with Gasteiger partial charge in [-0.1, -0.05) is 79.1 Å². The summed E-state index contributed by atoms with van der Waals surface area (Å²) in [5, 5.41) is 0. The van der Waals surface area contributed by atoms with Crippen molar-refractivity contribution in [3.8, 4) is 0 Å². The zero-order chi connectivity index (χ0) is 14.3. The maximum atomic E-state index is 5.88. The fraction of sp³-hybridized carbons (Fsp3) is 1.00. The minimum atomic E-state index is 0.900. The molecule has 0 heterocycles. The van der Waals surface area contributed by atoms with Crippen LogP contribution < -0.4 is 0 Å². The fourth-order valence-electron chi connectivity index (χ4n) is 3.10. The van der Waals surface area contributed by atoms with Gasteiger partial charge in [-0.05, 0) is 24.7 Å². The Morgan fingerprint density at radius 1 is 0.526 bits per heavy atom. The molecule has 1 nitrogen and oxygen atoms in total. The summed E-state index contributed by atoms with van der Waals surface area (Å²) in [5.74, 6) is 1.80. The van der Waals surface area contributed by atoms with E-state index in [9.17, 15) is 0 Å². The zero-order valence-corrected chi connectivity index (χ0v) is 14.0. The molecule has 1 heteroatoms. The van der Waals surface area contributed by atoms with Crippen molar-refractivity contribution in [1.82, 2.24) is 0 Å². The number of ether oxygens (including phenoxy) is 1. The maximum Gasteiger partial charge on any atom is 0.0468 e. The van der Waals surface area contributed by atoms with Crippen molar-refractivity contribution in [2.24, 2.45) is 11.8 Å². The quantitative estimate of drug-likeness (QED) is 0.341. The molecule has 0 aromatic carbocycles. The molecule has 0 atom stereocenters. The van der Waals surface area contributed by atoms with Crippen molar-refractivity contribution < 1.29 is 4.74 Å². The molecule has 0 amide bonds. The first-order valence-corrected chi connectivity index (χ1v) is 8.86. The molecule has 0 radical (unpaired) electrons. The SMILES string of the molecule is CCCC(CCC)CCOCCC(CCC)CCC. The van der Waals surface area contributed by atoms with Crippen LogP contribution in [0.25, 0.3) is 0 Å². The smallest absolute Gasteiger partial charge is 0.0468 e. The van der Waals surface area contributed by atoms with Gasteiger partial charge in [0.1, 0.15) is 0 Å². The van der Waals surface area contributed by atoms with E-state index in [1.54, 1.807) is 0 Å². The Bertz CT molecular complexity index is 137. The van der Waals surface area contributed by atoms with Gasteiger partial charge in [-0.25, -0.2) is 0 Å². The summed E-state index contributed by atoms with van der Waals surface area (Å²) < 4.78 is 5.88. The molecular formula is C18H38O. The van der Waals surface area contributed by atoms with Crippen LogP contribution in [0, 0.1) is 11.8 Å². The van der Waals surface area contributed by atoms with Gasteiger partial charge in [0.25, 0.3) is 0 Å². The summed E-state index contributed by atoms with van der Waals surface area (Å²) in [6, 6.07) is 0. The van der Waals surface area contributed by atoms with Crippen molar-refractivity contribution in [3.63, 3.8) is 0 Å². The van der Waals surface area contributed by atoms with E-state index >= 15 is 0 Å². The Morgan fingerprint density at radius 3 is 1.11 bits per heavy atom. The summed E-state index contributed by atoms with van der Waals surface area (Å²) in [5.41, 5.74) is 0. The van der Waals surface area contributed by atoms with E-state index < -0.39 is 0 Å². The largest absolute Gasteiger partial charge is 0.381 e. The zero-order valence-electron chi connectivity index (χ0n) is 14.0. The number of rotatable bonds is 14. The molecule has 0 rings (SSSR count). The van der Waals surface area contributed by atoms with Gasteiger partial charge in [-0.2, -0.15) is 0 Å². The summed E-state index contributed by atoms with van der Waals surface area (Å²) in [6.07, 6.45) is 13.3. The van der Waals surface area contributed by atoms with Crippen molar-refractivity contribution in [1.29, 1.82) is 0 Å². The van der Waals surface area contributed by atoms with Crippen molar-refractivity contribution in [3.05, 3.63) is 0 Å². The average Bonchev–Trinajstić information content (AvgIpc) is 2.39. The van der Waals surface area contributed by atoms with Crippen LogP contribution in [0.2, 0.25) is 0 Å². The van der Waals surface area contributed by atoms with Crippen LogP contribution in [0.5, 0.6) is 0 Å². The third-order valence-electron chi connectivity index (χ3n) is 4.13. The Balaban J connectivity index is 3.59. The Morgan fingerprint density at radius 2 is 0.842 bits per heavy atom. The third kappa shape index (κ3) is 11.5. The molecule has 19 heavy (non-hydrogen) atoms. The van der Waals surface area contributed by atoms with Crippen LogP contribution in [0.4, 0.5) is 0 Å². The molecule has 0 N–H and O–H groups in total. The highest BCUT2D eigenvalue weighted by atomic mass is 16.5. The lowest BCUT2D eigenvalue weighted by molar-refractivity contribution is 0.102. The lowest BCUT2D eigenvalue weighted by Crippen LogP contribution is -2.09. The van der Waals surface area contributed by atoms with Gasteiger partial charge in [0, 0.05) is 13.2 Å². The molecule has 0 aromatic heterocycles.